The average molecular weight is 345 g/mol. The first-order chi connectivity index (χ1) is 11.5. The van der Waals surface area contributed by atoms with Crippen LogP contribution in [0.4, 0.5) is 5.82 Å². The van der Waals surface area contributed by atoms with Gasteiger partial charge in [0.05, 0.1) is 22.9 Å². The molecule has 1 atom stereocenters. The zero-order valence-corrected chi connectivity index (χ0v) is 15.2. The summed E-state index contributed by atoms with van der Waals surface area (Å²) in [4.78, 5) is 12.2. The van der Waals surface area contributed by atoms with Gasteiger partial charge >= 0.3 is 0 Å². The molecule has 0 radical (unpaired) electrons. The Morgan fingerprint density at radius 3 is 2.83 bits per heavy atom. The Balaban J connectivity index is 2.01. The fraction of sp³-hybridized carbons (Fsp3) is 0.444. The molecule has 0 aliphatic carbocycles. The summed E-state index contributed by atoms with van der Waals surface area (Å²) in [5.41, 5.74) is 4.98. The summed E-state index contributed by atoms with van der Waals surface area (Å²) in [5, 5.41) is 7.66. The molecule has 6 heteroatoms. The SMILES string of the molecule is CCCCC(=O)Nc1c2c(nn1-c1ccc(C)cc1C)C[S@](=O)C2. The molecule has 2 aromatic rings. The number of unbranched alkanes of at least 4 members (excludes halogenated alkanes) is 1. The molecule has 5 nitrogen and oxygen atoms in total. The Hall–Kier alpha value is -1.95. The van der Waals surface area contributed by atoms with Crippen LogP contribution in [0.1, 0.15) is 48.6 Å². The average Bonchev–Trinajstić information content (AvgIpc) is 3.03. The fourth-order valence-electron chi connectivity index (χ4n) is 3.01. The van der Waals surface area contributed by atoms with Gasteiger partial charge in [0.2, 0.25) is 5.91 Å². The Labute approximate surface area is 144 Å². The molecule has 128 valence electrons. The van der Waals surface area contributed by atoms with E-state index in [9.17, 15) is 9.00 Å². The molecule has 1 aliphatic heterocycles. The smallest absolute Gasteiger partial charge is 0.225 e. The number of fused-ring (bicyclic) bond motifs is 1. The maximum Gasteiger partial charge on any atom is 0.225 e. The minimum atomic E-state index is -0.919. The van der Waals surface area contributed by atoms with Crippen LogP contribution >= 0.6 is 0 Å². The van der Waals surface area contributed by atoms with E-state index in [-0.39, 0.29) is 5.91 Å². The summed E-state index contributed by atoms with van der Waals surface area (Å²) >= 11 is 0. The standard InChI is InChI=1S/C18H23N3O2S/c1-4-5-6-17(22)19-18-14-10-24(23)11-15(14)20-21(18)16-8-7-12(2)9-13(16)3/h7-9H,4-6,10-11H2,1-3H3,(H,19,22)/t24-/m1/s1. The molecular formula is C18H23N3O2S. The van der Waals surface area contributed by atoms with Crippen LogP contribution in [-0.4, -0.2) is 19.9 Å². The maximum atomic E-state index is 12.2. The summed E-state index contributed by atoms with van der Waals surface area (Å²) in [7, 11) is -0.919. The minimum Gasteiger partial charge on any atom is -0.310 e. The number of anilines is 1. The van der Waals surface area contributed by atoms with Gasteiger partial charge in [0, 0.05) is 22.8 Å². The number of hydrogen-bond acceptors (Lipinski definition) is 3. The van der Waals surface area contributed by atoms with E-state index >= 15 is 0 Å². The van der Waals surface area contributed by atoms with Crippen molar-refractivity contribution in [2.75, 3.05) is 5.32 Å². The van der Waals surface area contributed by atoms with Crippen LogP contribution in [0.3, 0.4) is 0 Å². The van der Waals surface area contributed by atoms with Crippen molar-refractivity contribution in [3.05, 3.63) is 40.6 Å². The van der Waals surface area contributed by atoms with Gasteiger partial charge in [-0.1, -0.05) is 31.0 Å². The molecule has 1 N–H and O–H groups in total. The van der Waals surface area contributed by atoms with Gasteiger partial charge in [-0.05, 0) is 31.9 Å². The van der Waals surface area contributed by atoms with Crippen LogP contribution in [0.5, 0.6) is 0 Å². The third kappa shape index (κ3) is 3.29. The van der Waals surface area contributed by atoms with E-state index in [0.717, 1.165) is 35.3 Å². The van der Waals surface area contributed by atoms with Gasteiger partial charge < -0.3 is 5.32 Å². The number of rotatable bonds is 5. The van der Waals surface area contributed by atoms with Gasteiger partial charge in [0.1, 0.15) is 5.82 Å². The molecule has 0 saturated heterocycles. The van der Waals surface area contributed by atoms with Crippen molar-refractivity contribution in [1.29, 1.82) is 0 Å². The van der Waals surface area contributed by atoms with E-state index in [1.165, 1.54) is 5.56 Å². The van der Waals surface area contributed by atoms with E-state index in [2.05, 4.69) is 30.3 Å². The quantitative estimate of drug-likeness (QED) is 0.903. The van der Waals surface area contributed by atoms with Gasteiger partial charge in [0.25, 0.3) is 0 Å². The van der Waals surface area contributed by atoms with E-state index in [4.69, 9.17) is 0 Å². The van der Waals surface area contributed by atoms with Gasteiger partial charge in [-0.3, -0.25) is 9.00 Å². The molecular weight excluding hydrogens is 322 g/mol. The maximum absolute atomic E-state index is 12.2. The highest BCUT2D eigenvalue weighted by Gasteiger charge is 2.28. The van der Waals surface area contributed by atoms with Gasteiger partial charge in [-0.15, -0.1) is 0 Å². The Morgan fingerprint density at radius 2 is 2.12 bits per heavy atom. The molecule has 0 saturated carbocycles. The minimum absolute atomic E-state index is 0.0109. The van der Waals surface area contributed by atoms with Crippen LogP contribution in [0.15, 0.2) is 18.2 Å². The van der Waals surface area contributed by atoms with Crippen molar-refractivity contribution >= 4 is 22.5 Å². The van der Waals surface area contributed by atoms with Crippen LogP contribution in [-0.2, 0) is 27.1 Å². The predicted octanol–water partition coefficient (Wildman–Crippen LogP) is 3.38. The monoisotopic (exact) mass is 345 g/mol. The third-order valence-electron chi connectivity index (χ3n) is 4.27. The number of nitrogens with zero attached hydrogens (tertiary/aromatic N) is 2. The van der Waals surface area contributed by atoms with Crippen molar-refractivity contribution in [2.24, 2.45) is 0 Å². The highest BCUT2D eigenvalue weighted by molar-refractivity contribution is 7.83. The summed E-state index contributed by atoms with van der Waals surface area (Å²) < 4.78 is 13.7. The zero-order chi connectivity index (χ0) is 17.3. The van der Waals surface area contributed by atoms with Gasteiger partial charge in [-0.2, -0.15) is 5.10 Å². The Kier molecular flexibility index (Phi) is 4.85. The normalized spacial score (nSPS) is 16.2. The first-order valence-corrected chi connectivity index (χ1v) is 9.81. The molecule has 3 rings (SSSR count). The second kappa shape index (κ2) is 6.89. The van der Waals surface area contributed by atoms with Crippen molar-refractivity contribution in [3.8, 4) is 5.69 Å². The molecule has 1 aliphatic rings. The van der Waals surface area contributed by atoms with Crippen molar-refractivity contribution in [1.82, 2.24) is 9.78 Å². The first-order valence-electron chi connectivity index (χ1n) is 8.32. The number of hydrogen-bond donors (Lipinski definition) is 1. The second-order valence-corrected chi connectivity index (χ2v) is 7.81. The van der Waals surface area contributed by atoms with Crippen LogP contribution in [0.25, 0.3) is 5.69 Å². The second-order valence-electron chi connectivity index (χ2n) is 6.36. The van der Waals surface area contributed by atoms with E-state index in [0.29, 0.717) is 23.7 Å². The number of nitrogens with one attached hydrogen (secondary N) is 1. The van der Waals surface area contributed by atoms with Crippen LogP contribution < -0.4 is 5.32 Å². The van der Waals surface area contributed by atoms with Gasteiger partial charge in [0.15, 0.2) is 0 Å². The van der Waals surface area contributed by atoms with Crippen LogP contribution in [0.2, 0.25) is 0 Å². The number of aryl methyl sites for hydroxylation is 2. The summed E-state index contributed by atoms with van der Waals surface area (Å²) in [5.74, 6) is 1.60. The highest BCUT2D eigenvalue weighted by atomic mass is 32.2. The van der Waals surface area contributed by atoms with E-state index < -0.39 is 10.8 Å². The summed E-state index contributed by atoms with van der Waals surface area (Å²) in [6.45, 7) is 6.15. The lowest BCUT2D eigenvalue weighted by Gasteiger charge is -2.13. The molecule has 0 spiro atoms. The molecule has 0 bridgehead atoms. The Morgan fingerprint density at radius 1 is 1.33 bits per heavy atom. The lowest BCUT2D eigenvalue weighted by Crippen LogP contribution is -2.16. The number of carbonyl (C=O) groups excluding carboxylic acids is 1. The number of benzene rings is 1. The van der Waals surface area contributed by atoms with E-state index in [1.54, 1.807) is 4.68 Å². The number of aromatic nitrogens is 2. The molecule has 1 aromatic heterocycles. The molecule has 24 heavy (non-hydrogen) atoms. The summed E-state index contributed by atoms with van der Waals surface area (Å²) in [6.07, 6.45) is 2.33. The predicted molar refractivity (Wildman–Crippen MR) is 96.7 cm³/mol. The lowest BCUT2D eigenvalue weighted by atomic mass is 10.1. The zero-order valence-electron chi connectivity index (χ0n) is 14.4. The lowest BCUT2D eigenvalue weighted by molar-refractivity contribution is -0.116. The number of carbonyl (C=O) groups is 1. The van der Waals surface area contributed by atoms with Gasteiger partial charge in [-0.25, -0.2) is 4.68 Å². The molecule has 1 amide bonds. The van der Waals surface area contributed by atoms with Crippen LogP contribution in [0, 0.1) is 13.8 Å². The molecule has 0 unspecified atom stereocenters. The van der Waals surface area contributed by atoms with Crippen molar-refractivity contribution < 1.29 is 9.00 Å². The topological polar surface area (TPSA) is 64.0 Å². The third-order valence-corrected chi connectivity index (χ3v) is 5.47. The molecule has 0 fully saturated rings. The highest BCUT2D eigenvalue weighted by Crippen LogP contribution is 2.32. The van der Waals surface area contributed by atoms with Crippen molar-refractivity contribution in [3.63, 3.8) is 0 Å². The van der Waals surface area contributed by atoms with E-state index in [1.807, 2.05) is 19.1 Å². The fourth-order valence-corrected chi connectivity index (χ4v) is 4.27. The number of amides is 1. The Bertz CT molecular complexity index is 811. The summed E-state index contributed by atoms with van der Waals surface area (Å²) in [6, 6.07) is 6.16. The van der Waals surface area contributed by atoms with Crippen molar-refractivity contribution in [2.45, 2.75) is 51.5 Å². The molecule has 1 aromatic carbocycles. The molecule has 2 heterocycles. The first kappa shape index (κ1) is 16.9. The largest absolute Gasteiger partial charge is 0.310 e.